The molecule has 0 spiro atoms. The van der Waals surface area contributed by atoms with Crippen molar-refractivity contribution < 1.29 is 55.5 Å². The van der Waals surface area contributed by atoms with Crippen LogP contribution in [0.25, 0.3) is 22.5 Å². The summed E-state index contributed by atoms with van der Waals surface area (Å²) < 4.78 is 63.0. The van der Waals surface area contributed by atoms with E-state index in [2.05, 4.69) is 20.8 Å². The topological polar surface area (TPSA) is 244 Å². The van der Waals surface area contributed by atoms with Gasteiger partial charge in [0.2, 0.25) is 11.7 Å². The van der Waals surface area contributed by atoms with Crippen molar-refractivity contribution in [1.29, 1.82) is 0 Å². The smallest absolute Gasteiger partial charge is 0.333 e. The first-order chi connectivity index (χ1) is 28.5. The lowest BCUT2D eigenvalue weighted by molar-refractivity contribution is -0.137. The lowest BCUT2D eigenvalue weighted by Gasteiger charge is -2.22. The molecule has 16 nitrogen and oxygen atoms in total. The minimum Gasteiger partial charge on any atom is -0.452 e. The highest BCUT2D eigenvalue weighted by Gasteiger charge is 2.31. The first-order valence-electron chi connectivity index (χ1n) is 17.3. The molecule has 2 aromatic carbocycles. The molecule has 0 aliphatic carbocycles. The number of aromatic nitrogens is 4. The van der Waals surface area contributed by atoms with E-state index in [1.54, 1.807) is 60.7 Å². The van der Waals surface area contributed by atoms with Crippen LogP contribution in [0.1, 0.15) is 44.9 Å². The summed E-state index contributed by atoms with van der Waals surface area (Å²) in [6.45, 7) is -6.01. The lowest BCUT2D eigenvalue weighted by Crippen LogP contribution is -2.50. The van der Waals surface area contributed by atoms with Gasteiger partial charge in [-0.15, -0.1) is 0 Å². The van der Waals surface area contributed by atoms with Crippen molar-refractivity contribution in [2.24, 2.45) is 11.5 Å². The van der Waals surface area contributed by atoms with E-state index in [1.807, 2.05) is 0 Å². The number of hydrogen-bond acceptors (Lipinski definition) is 10. The molecule has 0 bridgehead atoms. The Morgan fingerprint density at radius 3 is 1.52 bits per heavy atom. The normalized spacial score (nSPS) is 12.6. The van der Waals surface area contributed by atoms with Gasteiger partial charge in [-0.1, -0.05) is 60.7 Å². The average Bonchev–Trinajstić information content (AvgIpc) is 4.04. The van der Waals surface area contributed by atoms with Crippen LogP contribution in [0.3, 0.4) is 0 Å². The van der Waals surface area contributed by atoms with Crippen molar-refractivity contribution in [3.8, 4) is 22.5 Å². The predicted molar refractivity (Wildman–Crippen MR) is 205 cm³/mol. The molecule has 0 fully saturated rings. The molecular formula is C38H32Cl2F4N8O8. The summed E-state index contributed by atoms with van der Waals surface area (Å²) in [4.78, 5) is 60.9. The third-order valence-corrected chi connectivity index (χ3v) is 8.87. The van der Waals surface area contributed by atoms with Gasteiger partial charge >= 0.3 is 13.1 Å². The third kappa shape index (κ3) is 11.2. The summed E-state index contributed by atoms with van der Waals surface area (Å²) in [7, 11) is 0. The number of aliphatic hydroxyl groups excluding tert-OH is 1. The molecule has 4 aromatic heterocycles. The number of aliphatic hydroxyl groups is 1. The zero-order valence-corrected chi connectivity index (χ0v) is 32.1. The molecule has 6 rings (SSSR count). The maximum atomic E-state index is 13.1. The highest BCUT2D eigenvalue weighted by Crippen LogP contribution is 2.30. The number of Topliss-reactive ketones (excluding diaryl/α,β-unsaturated/α-hetero) is 1. The molecule has 0 radical (unpaired) electrons. The Labute approximate surface area is 346 Å². The Morgan fingerprint density at radius 2 is 1.13 bits per heavy atom. The van der Waals surface area contributed by atoms with Crippen molar-refractivity contribution in [1.82, 2.24) is 30.2 Å². The number of rotatable bonds is 16. The number of carbonyl (C=O) groups excluding carboxylic acids is 5. The summed E-state index contributed by atoms with van der Waals surface area (Å²) in [5.74, 6) is -5.04. The number of halogens is 6. The number of alkyl halides is 4. The molecule has 3 unspecified atom stereocenters. The summed E-state index contributed by atoms with van der Waals surface area (Å²) in [5.41, 5.74) is 11.3. The Kier molecular flexibility index (Phi) is 14.6. The van der Waals surface area contributed by atoms with E-state index < -0.39 is 60.7 Å². The number of hydrogen-bond donors (Lipinski definition) is 5. The second kappa shape index (κ2) is 19.8. The van der Waals surface area contributed by atoms with Gasteiger partial charge in [0.25, 0.3) is 17.7 Å². The molecule has 4 heterocycles. The number of primary amides is 2. The summed E-state index contributed by atoms with van der Waals surface area (Å²) in [6, 6.07) is 17.5. The lowest BCUT2D eigenvalue weighted by atomic mass is 10.00. The van der Waals surface area contributed by atoms with Gasteiger partial charge in [0.15, 0.2) is 16.5 Å². The molecule has 0 saturated carbocycles. The van der Waals surface area contributed by atoms with Gasteiger partial charge in [0.1, 0.15) is 30.0 Å². The van der Waals surface area contributed by atoms with E-state index in [-0.39, 0.29) is 61.6 Å². The van der Waals surface area contributed by atoms with E-state index in [9.17, 15) is 46.6 Å². The minimum atomic E-state index is -3.01. The van der Waals surface area contributed by atoms with Crippen LogP contribution in [-0.4, -0.2) is 72.3 Å². The van der Waals surface area contributed by atoms with Gasteiger partial charge in [-0.25, -0.2) is 9.36 Å². The number of ketones is 1. The maximum Gasteiger partial charge on any atom is 0.333 e. The fourth-order valence-corrected chi connectivity index (χ4v) is 5.96. The molecule has 314 valence electrons. The zero-order chi connectivity index (χ0) is 43.7. The largest absolute Gasteiger partial charge is 0.452 e. The van der Waals surface area contributed by atoms with Crippen LogP contribution in [0.5, 0.6) is 0 Å². The Morgan fingerprint density at radius 1 is 0.700 bits per heavy atom. The minimum absolute atomic E-state index is 0.0194. The number of nitrogens with zero attached hydrogens (tertiary/aromatic N) is 4. The molecule has 0 aliphatic heterocycles. The molecular weight excluding hydrogens is 843 g/mol. The maximum absolute atomic E-state index is 13.1. The number of nitrogens with two attached hydrogens (primary N) is 2. The van der Waals surface area contributed by atoms with Crippen molar-refractivity contribution in [3.63, 3.8) is 0 Å². The zero-order valence-electron chi connectivity index (χ0n) is 30.6. The van der Waals surface area contributed by atoms with Crippen LogP contribution in [0.15, 0.2) is 107 Å². The number of carbonyl (C=O) groups is 5. The van der Waals surface area contributed by atoms with Crippen LogP contribution < -0.4 is 22.1 Å². The highest BCUT2D eigenvalue weighted by atomic mass is 35.5. The van der Waals surface area contributed by atoms with Gasteiger partial charge in [0.05, 0.1) is 17.2 Å². The summed E-state index contributed by atoms with van der Waals surface area (Å²) in [5, 5.41) is 22.4. The summed E-state index contributed by atoms with van der Waals surface area (Å²) >= 11 is 11.4. The Hall–Kier alpha value is -6.77. The number of amides is 4. The van der Waals surface area contributed by atoms with E-state index in [0.29, 0.717) is 15.8 Å². The molecule has 6 aromatic rings. The fourth-order valence-electron chi connectivity index (χ4n) is 5.63. The van der Waals surface area contributed by atoms with Gasteiger partial charge < -0.3 is 36.0 Å². The van der Waals surface area contributed by atoms with Gasteiger partial charge in [-0.2, -0.15) is 27.8 Å². The predicted octanol–water partition coefficient (Wildman–Crippen LogP) is 4.97. The Bertz CT molecular complexity index is 2460. The number of furan rings is 2. The van der Waals surface area contributed by atoms with Crippen molar-refractivity contribution in [3.05, 3.63) is 130 Å². The van der Waals surface area contributed by atoms with Gasteiger partial charge in [-0.05, 0) is 40.7 Å². The second-order valence-electron chi connectivity index (χ2n) is 12.6. The van der Waals surface area contributed by atoms with E-state index in [1.165, 1.54) is 12.1 Å². The van der Waals surface area contributed by atoms with Crippen LogP contribution in [-0.2, 0) is 27.2 Å². The standard InChI is InChI=1S/C19H17ClF2N4O4.C19H15ClF2N4O4/c2*20-14-7-11(9-30-14)15-12(8-26(25-15)19(21)22)18(29)24-13(16(27)17(23)28)6-10-4-2-1-3-5-10/h1-5,7-9,13,16,19,27H,6H2,(H2,23,28)(H,24,29);1-5,7-9,13,19H,6H2,(H2,23,28)(H,24,29). The fraction of sp³-hybridized carbons (Fsp3) is 0.184. The molecule has 4 amide bonds. The summed E-state index contributed by atoms with van der Waals surface area (Å²) in [6.07, 6.45) is 2.34. The van der Waals surface area contributed by atoms with Crippen LogP contribution in [0.2, 0.25) is 10.4 Å². The average molecular weight is 876 g/mol. The number of benzene rings is 2. The quantitative estimate of drug-likeness (QED) is 0.0646. The van der Waals surface area contributed by atoms with Gasteiger partial charge in [0, 0.05) is 42.1 Å². The monoisotopic (exact) mass is 874 g/mol. The van der Waals surface area contributed by atoms with Crippen LogP contribution in [0, 0.1) is 0 Å². The number of nitrogens with one attached hydrogen (secondary N) is 2. The van der Waals surface area contributed by atoms with E-state index >= 15 is 0 Å². The highest BCUT2D eigenvalue weighted by molar-refractivity contribution is 6.38. The van der Waals surface area contributed by atoms with Crippen molar-refractivity contribution in [2.75, 3.05) is 0 Å². The van der Waals surface area contributed by atoms with Crippen molar-refractivity contribution in [2.45, 2.75) is 44.1 Å². The SMILES string of the molecule is NC(=O)C(=O)C(Cc1ccccc1)NC(=O)c1cn(C(F)F)nc1-c1coc(Cl)c1.NC(=O)C(O)C(Cc1ccccc1)NC(=O)c1cn(C(F)F)nc1-c1coc(Cl)c1. The molecule has 60 heavy (non-hydrogen) atoms. The first-order valence-corrected chi connectivity index (χ1v) is 18.0. The molecule has 0 saturated heterocycles. The van der Waals surface area contributed by atoms with Crippen LogP contribution in [0.4, 0.5) is 17.6 Å². The molecule has 0 aliphatic rings. The van der Waals surface area contributed by atoms with Crippen molar-refractivity contribution >= 4 is 52.6 Å². The van der Waals surface area contributed by atoms with Gasteiger partial charge in [-0.3, -0.25) is 24.0 Å². The van der Waals surface area contributed by atoms with E-state index in [4.69, 9.17) is 43.5 Å². The van der Waals surface area contributed by atoms with Crippen LogP contribution >= 0.6 is 23.2 Å². The van der Waals surface area contributed by atoms with E-state index in [0.717, 1.165) is 24.9 Å². The second-order valence-corrected chi connectivity index (χ2v) is 13.4. The Balaban J connectivity index is 0.000000228. The first kappa shape index (κ1) is 44.3. The molecule has 7 N–H and O–H groups in total. The molecule has 22 heteroatoms. The molecule has 3 atom stereocenters. The third-order valence-electron chi connectivity index (χ3n) is 8.47.